The fourth-order valence-electron chi connectivity index (χ4n) is 2.57. The van der Waals surface area contributed by atoms with E-state index in [1.54, 1.807) is 0 Å². The molecule has 0 bridgehead atoms. The van der Waals surface area contributed by atoms with Crippen LogP contribution in [0, 0.1) is 0 Å². The summed E-state index contributed by atoms with van der Waals surface area (Å²) in [5.74, 6) is 2.84. The minimum atomic E-state index is -3.09. The van der Waals surface area contributed by atoms with E-state index in [1.165, 1.54) is 44.9 Å². The van der Waals surface area contributed by atoms with E-state index in [9.17, 15) is 9.79 Å². The third kappa shape index (κ3) is 7.79. The smallest absolute Gasteiger partial charge is 0.224 e. The number of rotatable bonds is 13. The third-order valence-electron chi connectivity index (χ3n) is 4.05. The Kier molecular flexibility index (Phi) is 12.0. The first kappa shape index (κ1) is 20.9. The van der Waals surface area contributed by atoms with Gasteiger partial charge in [-0.1, -0.05) is 65.7 Å². The van der Waals surface area contributed by atoms with E-state index in [2.05, 4.69) is 20.8 Å². The van der Waals surface area contributed by atoms with Gasteiger partial charge in [-0.3, -0.25) is 0 Å². The van der Waals surface area contributed by atoms with E-state index >= 15 is 0 Å². The summed E-state index contributed by atoms with van der Waals surface area (Å²) in [4.78, 5) is 20.4. The van der Waals surface area contributed by atoms with Crippen LogP contribution in [0.2, 0.25) is 0 Å². The van der Waals surface area contributed by atoms with Gasteiger partial charge in [0.25, 0.3) is 0 Å². The molecule has 2 N–H and O–H groups in total. The fraction of sp³-hybridized carbons (Fsp3) is 1.00. The van der Waals surface area contributed by atoms with Crippen LogP contribution in [0.3, 0.4) is 0 Å². The summed E-state index contributed by atoms with van der Waals surface area (Å²) < 4.78 is 0. The summed E-state index contributed by atoms with van der Waals surface area (Å²) in [6, 6.07) is 0. The molecular weight excluding hydrogens is 307 g/mol. The van der Waals surface area contributed by atoms with Gasteiger partial charge in [-0.25, -0.2) is 0 Å². The molecular formula is C15H35O2PS2. The second-order valence-electron chi connectivity index (χ2n) is 5.66. The van der Waals surface area contributed by atoms with E-state index in [0.29, 0.717) is 0 Å². The Balaban J connectivity index is 4.41. The lowest BCUT2D eigenvalue weighted by Crippen LogP contribution is -2.13. The highest BCUT2D eigenvalue weighted by Gasteiger charge is 2.34. The van der Waals surface area contributed by atoms with Crippen molar-refractivity contribution in [3.8, 4) is 0 Å². The maximum atomic E-state index is 10.2. The highest BCUT2D eigenvalue weighted by atomic mass is 33.0. The standard InChI is InChI=1S/C15H35O2PS2/c1-4-7-9-11-13-15-20(6-3,18(16,17)19)14-12-10-8-5-2/h4-15H2,1-3H3,(H2,16,17,19). The average Bonchev–Trinajstić information content (AvgIpc) is 2.39. The Hall–Kier alpha value is 0.920. The topological polar surface area (TPSA) is 40.5 Å². The van der Waals surface area contributed by atoms with Crippen LogP contribution in [-0.2, 0) is 11.8 Å². The summed E-state index contributed by atoms with van der Waals surface area (Å²) in [6.07, 6.45) is 10.9. The lowest BCUT2D eigenvalue weighted by molar-refractivity contribution is 0.500. The predicted molar refractivity (Wildman–Crippen MR) is 99.5 cm³/mol. The van der Waals surface area contributed by atoms with Crippen molar-refractivity contribution in [1.82, 2.24) is 0 Å². The Labute approximate surface area is 133 Å². The number of unbranched alkanes of at least 4 members (excludes halogenated alkanes) is 7. The molecule has 0 aliphatic heterocycles. The summed E-state index contributed by atoms with van der Waals surface area (Å²) in [6.45, 7) is 6.53. The van der Waals surface area contributed by atoms with E-state index in [0.717, 1.165) is 30.1 Å². The van der Waals surface area contributed by atoms with Gasteiger partial charge in [0.1, 0.15) is 0 Å². The lowest BCUT2D eigenvalue weighted by atomic mass is 10.2. The SMILES string of the molecule is CCCCCCCS(CC)(CCCCCC)P(O)(O)=S. The van der Waals surface area contributed by atoms with Crippen LogP contribution in [0.5, 0.6) is 0 Å². The number of hydrogen-bond acceptors (Lipinski definition) is 1. The van der Waals surface area contributed by atoms with Crippen molar-refractivity contribution in [2.45, 2.75) is 78.6 Å². The maximum absolute atomic E-state index is 10.2. The van der Waals surface area contributed by atoms with Gasteiger partial charge < -0.3 is 9.79 Å². The molecule has 0 aliphatic rings. The van der Waals surface area contributed by atoms with Crippen LogP contribution in [0.25, 0.3) is 0 Å². The van der Waals surface area contributed by atoms with Gasteiger partial charge in [0.15, 0.2) is 0 Å². The molecule has 0 fully saturated rings. The molecule has 0 rings (SSSR count). The zero-order valence-corrected chi connectivity index (χ0v) is 16.2. The van der Waals surface area contributed by atoms with Crippen molar-refractivity contribution in [1.29, 1.82) is 0 Å². The fourth-order valence-corrected chi connectivity index (χ4v) is 11.1. The van der Waals surface area contributed by atoms with Crippen molar-refractivity contribution in [2.75, 3.05) is 17.3 Å². The molecule has 0 radical (unpaired) electrons. The zero-order valence-electron chi connectivity index (χ0n) is 13.6. The van der Waals surface area contributed by atoms with Gasteiger partial charge >= 0.3 is 0 Å². The van der Waals surface area contributed by atoms with E-state index < -0.39 is 15.3 Å². The van der Waals surface area contributed by atoms with Gasteiger partial charge in [0.2, 0.25) is 5.69 Å². The second kappa shape index (κ2) is 11.5. The van der Waals surface area contributed by atoms with Crippen LogP contribution in [0.15, 0.2) is 0 Å². The second-order valence-corrected chi connectivity index (χ2v) is 16.1. The first-order valence-electron chi connectivity index (χ1n) is 8.25. The largest absolute Gasteiger partial charge is 0.339 e. The Morgan fingerprint density at radius 1 is 0.750 bits per heavy atom. The molecule has 5 heteroatoms. The minimum Gasteiger partial charge on any atom is -0.339 e. The minimum absolute atomic E-state index is 0.886. The van der Waals surface area contributed by atoms with Gasteiger partial charge in [0, 0.05) is 0 Å². The number of hydrogen-bond donors (Lipinski definition) is 2. The molecule has 0 aliphatic carbocycles. The molecule has 0 amide bonds. The van der Waals surface area contributed by atoms with E-state index in [-0.39, 0.29) is 0 Å². The van der Waals surface area contributed by atoms with E-state index in [1.807, 2.05) is 0 Å². The van der Waals surface area contributed by atoms with Crippen LogP contribution >= 0.6 is 15.3 Å². The summed E-state index contributed by atoms with van der Waals surface area (Å²) in [7, 11) is -1.38. The first-order chi connectivity index (χ1) is 9.43. The highest BCUT2D eigenvalue weighted by Crippen LogP contribution is 2.77. The molecule has 0 aromatic heterocycles. The molecule has 0 aromatic carbocycles. The van der Waals surface area contributed by atoms with Crippen molar-refractivity contribution in [2.24, 2.45) is 0 Å². The van der Waals surface area contributed by atoms with Crippen LogP contribution in [0.4, 0.5) is 0 Å². The Morgan fingerprint density at radius 3 is 1.50 bits per heavy atom. The lowest BCUT2D eigenvalue weighted by Gasteiger charge is -2.42. The predicted octanol–water partition coefficient (Wildman–Crippen LogP) is 5.57. The quantitative estimate of drug-likeness (QED) is 0.339. The van der Waals surface area contributed by atoms with Crippen LogP contribution < -0.4 is 0 Å². The molecule has 2 nitrogen and oxygen atoms in total. The van der Waals surface area contributed by atoms with Crippen LogP contribution in [0.1, 0.15) is 78.6 Å². The molecule has 1 unspecified atom stereocenters. The molecule has 20 heavy (non-hydrogen) atoms. The third-order valence-corrected chi connectivity index (χ3v) is 16.0. The monoisotopic (exact) mass is 342 g/mol. The zero-order chi connectivity index (χ0) is 15.5. The van der Waals surface area contributed by atoms with Crippen molar-refractivity contribution in [3.05, 3.63) is 0 Å². The van der Waals surface area contributed by atoms with E-state index in [4.69, 9.17) is 11.8 Å². The van der Waals surface area contributed by atoms with Gasteiger partial charge in [0.05, 0.1) is 0 Å². The first-order valence-corrected chi connectivity index (χ1v) is 13.7. The molecule has 0 saturated carbocycles. The van der Waals surface area contributed by atoms with Gasteiger partial charge in [-0.2, -0.15) is 9.65 Å². The maximum Gasteiger partial charge on any atom is 0.224 e. The molecule has 0 saturated heterocycles. The highest BCUT2D eigenvalue weighted by molar-refractivity contribution is 8.85. The molecule has 0 spiro atoms. The molecule has 0 heterocycles. The molecule has 0 aromatic rings. The normalized spacial score (nSPS) is 16.9. The molecule has 1 atom stereocenters. The van der Waals surface area contributed by atoms with Gasteiger partial charge in [-0.15, -0.1) is 0 Å². The molecule has 124 valence electrons. The van der Waals surface area contributed by atoms with Crippen LogP contribution in [-0.4, -0.2) is 27.0 Å². The Morgan fingerprint density at radius 2 is 1.15 bits per heavy atom. The van der Waals surface area contributed by atoms with Gasteiger partial charge in [-0.05, 0) is 41.9 Å². The van der Waals surface area contributed by atoms with Crippen molar-refractivity contribution >= 4 is 27.1 Å². The summed E-state index contributed by atoms with van der Waals surface area (Å²) >= 11 is 5.16. The Bertz CT molecular complexity index is 281. The average molecular weight is 343 g/mol. The summed E-state index contributed by atoms with van der Waals surface area (Å²) in [5, 5.41) is 0. The van der Waals surface area contributed by atoms with Crippen molar-refractivity contribution in [3.63, 3.8) is 0 Å². The van der Waals surface area contributed by atoms with Crippen molar-refractivity contribution < 1.29 is 9.79 Å². The summed E-state index contributed by atoms with van der Waals surface area (Å²) in [5.41, 5.74) is -3.09.